The number of ether oxygens (including phenoxy) is 2. The molecule has 1 aromatic carbocycles. The molecule has 0 aliphatic carbocycles. The molecule has 0 radical (unpaired) electrons. The fourth-order valence-corrected chi connectivity index (χ4v) is 4.86. The van der Waals surface area contributed by atoms with E-state index in [1.165, 1.54) is 35.1 Å². The van der Waals surface area contributed by atoms with Gasteiger partial charge in [-0.3, -0.25) is 4.98 Å². The van der Waals surface area contributed by atoms with Gasteiger partial charge in [0.15, 0.2) is 0 Å². The standard InChI is InChI=1S/C27H39NO2/c1-6-10-23(22-13-15-29-16-14-22)24-18-28-25(17-26(24)30-19(4)5)27-20(7-2)11-9-12-21(27)8-3/h9,11-12,17-19,22-23H,6-8,10,13-16H2,1-5H3. The van der Waals surface area contributed by atoms with Crippen LogP contribution in [0.15, 0.2) is 30.5 Å². The van der Waals surface area contributed by atoms with E-state index < -0.39 is 0 Å². The van der Waals surface area contributed by atoms with E-state index in [1.807, 2.05) is 0 Å². The van der Waals surface area contributed by atoms with Crippen LogP contribution in [0.2, 0.25) is 0 Å². The van der Waals surface area contributed by atoms with E-state index in [0.29, 0.717) is 11.8 Å². The van der Waals surface area contributed by atoms with Crippen molar-refractivity contribution in [3.8, 4) is 17.0 Å². The van der Waals surface area contributed by atoms with Crippen molar-refractivity contribution in [2.45, 2.75) is 85.2 Å². The van der Waals surface area contributed by atoms with Crippen LogP contribution in [0.1, 0.15) is 82.9 Å². The van der Waals surface area contributed by atoms with Crippen LogP contribution in [-0.4, -0.2) is 24.3 Å². The van der Waals surface area contributed by atoms with Crippen molar-refractivity contribution in [1.29, 1.82) is 0 Å². The predicted molar refractivity (Wildman–Crippen MR) is 125 cm³/mol. The van der Waals surface area contributed by atoms with Crippen LogP contribution in [0.5, 0.6) is 5.75 Å². The maximum atomic E-state index is 6.40. The number of nitrogens with zero attached hydrogens (tertiary/aromatic N) is 1. The fourth-order valence-electron chi connectivity index (χ4n) is 4.86. The summed E-state index contributed by atoms with van der Waals surface area (Å²) in [6.07, 6.45) is 8.88. The van der Waals surface area contributed by atoms with E-state index in [2.05, 4.69) is 65.1 Å². The summed E-state index contributed by atoms with van der Waals surface area (Å²) in [6.45, 7) is 12.7. The Morgan fingerprint density at radius 3 is 2.30 bits per heavy atom. The first-order valence-electron chi connectivity index (χ1n) is 11.9. The Balaban J connectivity index is 2.08. The number of pyridine rings is 1. The minimum absolute atomic E-state index is 0.142. The Labute approximate surface area is 183 Å². The lowest BCUT2D eigenvalue weighted by Gasteiger charge is -2.32. The Hall–Kier alpha value is -1.87. The van der Waals surface area contributed by atoms with Crippen molar-refractivity contribution >= 4 is 0 Å². The molecule has 1 saturated heterocycles. The molecular formula is C27H39NO2. The van der Waals surface area contributed by atoms with Crippen molar-refractivity contribution in [3.05, 3.63) is 47.2 Å². The van der Waals surface area contributed by atoms with Crippen molar-refractivity contribution < 1.29 is 9.47 Å². The summed E-state index contributed by atoms with van der Waals surface area (Å²) in [6, 6.07) is 8.85. The topological polar surface area (TPSA) is 31.4 Å². The van der Waals surface area contributed by atoms with E-state index in [-0.39, 0.29) is 6.10 Å². The third kappa shape index (κ3) is 5.24. The van der Waals surface area contributed by atoms with Gasteiger partial charge in [0.05, 0.1) is 11.8 Å². The second-order valence-electron chi connectivity index (χ2n) is 8.78. The van der Waals surface area contributed by atoms with Gasteiger partial charge in [0.1, 0.15) is 5.75 Å². The van der Waals surface area contributed by atoms with Gasteiger partial charge in [0.2, 0.25) is 0 Å². The summed E-state index contributed by atoms with van der Waals surface area (Å²) in [4.78, 5) is 5.02. The quantitative estimate of drug-likeness (QED) is 0.448. The van der Waals surface area contributed by atoms with Gasteiger partial charge in [-0.1, -0.05) is 45.4 Å². The number of rotatable bonds is 9. The normalized spacial score (nSPS) is 16.1. The number of benzene rings is 1. The first-order valence-corrected chi connectivity index (χ1v) is 11.9. The fraction of sp³-hybridized carbons (Fsp3) is 0.593. The SMILES string of the molecule is CCCC(c1cnc(-c2c(CC)cccc2CC)cc1OC(C)C)C1CCOCC1. The Morgan fingerprint density at radius 1 is 1.07 bits per heavy atom. The van der Waals surface area contributed by atoms with Crippen molar-refractivity contribution in [2.75, 3.05) is 13.2 Å². The Morgan fingerprint density at radius 2 is 1.73 bits per heavy atom. The summed E-state index contributed by atoms with van der Waals surface area (Å²) >= 11 is 0. The maximum absolute atomic E-state index is 6.40. The summed E-state index contributed by atoms with van der Waals surface area (Å²) < 4.78 is 12.0. The molecule has 3 nitrogen and oxygen atoms in total. The summed E-state index contributed by atoms with van der Waals surface area (Å²) in [5, 5.41) is 0. The van der Waals surface area contributed by atoms with E-state index in [1.54, 1.807) is 0 Å². The first-order chi connectivity index (χ1) is 14.6. The van der Waals surface area contributed by atoms with Gasteiger partial charge in [-0.2, -0.15) is 0 Å². The first kappa shape index (κ1) is 22.8. The van der Waals surface area contributed by atoms with Crippen LogP contribution in [0.3, 0.4) is 0 Å². The van der Waals surface area contributed by atoms with Crippen molar-refractivity contribution in [1.82, 2.24) is 4.98 Å². The molecule has 3 heteroatoms. The van der Waals surface area contributed by atoms with E-state index >= 15 is 0 Å². The molecule has 0 saturated carbocycles. The molecule has 1 unspecified atom stereocenters. The zero-order chi connectivity index (χ0) is 21.5. The molecule has 1 atom stereocenters. The molecule has 2 heterocycles. The van der Waals surface area contributed by atoms with Crippen LogP contribution in [0.25, 0.3) is 11.3 Å². The molecule has 0 amide bonds. The maximum Gasteiger partial charge on any atom is 0.126 e. The van der Waals surface area contributed by atoms with E-state index in [4.69, 9.17) is 14.5 Å². The average molecular weight is 410 g/mol. The minimum atomic E-state index is 0.142. The van der Waals surface area contributed by atoms with Crippen LogP contribution in [-0.2, 0) is 17.6 Å². The summed E-state index contributed by atoms with van der Waals surface area (Å²) in [7, 11) is 0. The van der Waals surface area contributed by atoms with Gasteiger partial charge in [-0.15, -0.1) is 0 Å². The molecule has 1 aliphatic heterocycles. The van der Waals surface area contributed by atoms with Crippen LogP contribution < -0.4 is 4.74 Å². The van der Waals surface area contributed by atoms with Crippen LogP contribution >= 0.6 is 0 Å². The monoisotopic (exact) mass is 409 g/mol. The predicted octanol–water partition coefficient (Wildman–Crippen LogP) is 6.97. The largest absolute Gasteiger partial charge is 0.491 e. The van der Waals surface area contributed by atoms with Crippen molar-refractivity contribution in [3.63, 3.8) is 0 Å². The summed E-state index contributed by atoms with van der Waals surface area (Å²) in [5.41, 5.74) is 6.35. The Bertz CT molecular complexity index is 786. The average Bonchev–Trinajstić information content (AvgIpc) is 2.77. The smallest absolute Gasteiger partial charge is 0.126 e. The van der Waals surface area contributed by atoms with Gasteiger partial charge in [-0.25, -0.2) is 0 Å². The lowest BCUT2D eigenvalue weighted by molar-refractivity contribution is 0.0561. The number of aryl methyl sites for hydroxylation is 2. The molecular weight excluding hydrogens is 370 g/mol. The van der Waals surface area contributed by atoms with Gasteiger partial charge < -0.3 is 9.47 Å². The molecule has 1 aromatic heterocycles. The molecule has 2 aromatic rings. The van der Waals surface area contributed by atoms with Gasteiger partial charge in [-0.05, 0) is 68.9 Å². The zero-order valence-corrected chi connectivity index (χ0v) is 19.5. The highest BCUT2D eigenvalue weighted by Gasteiger charge is 2.28. The van der Waals surface area contributed by atoms with Crippen LogP contribution in [0, 0.1) is 5.92 Å². The molecule has 30 heavy (non-hydrogen) atoms. The number of aromatic nitrogens is 1. The molecule has 164 valence electrons. The zero-order valence-electron chi connectivity index (χ0n) is 19.5. The van der Waals surface area contributed by atoms with E-state index in [0.717, 1.165) is 50.3 Å². The highest BCUT2D eigenvalue weighted by atomic mass is 16.5. The number of hydrogen-bond acceptors (Lipinski definition) is 3. The van der Waals surface area contributed by atoms with Gasteiger partial charge in [0, 0.05) is 36.6 Å². The van der Waals surface area contributed by atoms with Crippen LogP contribution in [0.4, 0.5) is 0 Å². The van der Waals surface area contributed by atoms with Crippen molar-refractivity contribution in [2.24, 2.45) is 5.92 Å². The molecule has 0 N–H and O–H groups in total. The molecule has 1 fully saturated rings. The number of hydrogen-bond donors (Lipinski definition) is 0. The second-order valence-corrected chi connectivity index (χ2v) is 8.78. The Kier molecular flexibility index (Phi) is 8.32. The summed E-state index contributed by atoms with van der Waals surface area (Å²) in [5.74, 6) is 2.16. The third-order valence-electron chi connectivity index (χ3n) is 6.35. The lowest BCUT2D eigenvalue weighted by Crippen LogP contribution is -2.23. The minimum Gasteiger partial charge on any atom is -0.491 e. The van der Waals surface area contributed by atoms with Gasteiger partial charge >= 0.3 is 0 Å². The molecule has 3 rings (SSSR count). The highest BCUT2D eigenvalue weighted by molar-refractivity contribution is 5.69. The molecule has 0 bridgehead atoms. The highest BCUT2D eigenvalue weighted by Crippen LogP contribution is 2.41. The molecule has 0 spiro atoms. The second kappa shape index (κ2) is 10.9. The van der Waals surface area contributed by atoms with E-state index in [9.17, 15) is 0 Å². The lowest BCUT2D eigenvalue weighted by atomic mass is 9.78. The molecule has 1 aliphatic rings. The third-order valence-corrected chi connectivity index (χ3v) is 6.35. The van der Waals surface area contributed by atoms with Gasteiger partial charge in [0.25, 0.3) is 0 Å².